The summed E-state index contributed by atoms with van der Waals surface area (Å²) in [6.45, 7) is 6.05. The second-order valence-corrected chi connectivity index (χ2v) is 4.24. The van der Waals surface area contributed by atoms with Gasteiger partial charge in [0.05, 0.1) is 19.8 Å². The fraction of sp³-hybridized carbons (Fsp3) is 0.818. The van der Waals surface area contributed by atoms with E-state index in [1.165, 1.54) is 0 Å². The molecule has 1 aliphatic heterocycles. The monoisotopic (exact) mass is 230 g/mol. The number of carbonyl (C=O) groups excluding carboxylic acids is 2. The minimum absolute atomic E-state index is 0.0121. The third kappa shape index (κ3) is 3.02. The van der Waals surface area contributed by atoms with Crippen LogP contribution in [-0.2, 0) is 23.8 Å². The van der Waals surface area contributed by atoms with Crippen molar-refractivity contribution in [3.63, 3.8) is 0 Å². The van der Waals surface area contributed by atoms with Crippen LogP contribution in [0.4, 0.5) is 0 Å². The maximum atomic E-state index is 11.8. The Labute approximate surface area is 95.0 Å². The van der Waals surface area contributed by atoms with E-state index in [4.69, 9.17) is 14.2 Å². The summed E-state index contributed by atoms with van der Waals surface area (Å²) in [6.07, 6.45) is -0.0121. The molecule has 16 heavy (non-hydrogen) atoms. The first-order valence-corrected chi connectivity index (χ1v) is 5.38. The van der Waals surface area contributed by atoms with Crippen molar-refractivity contribution in [2.75, 3.05) is 26.4 Å². The van der Waals surface area contributed by atoms with Gasteiger partial charge in [-0.25, -0.2) is 0 Å². The van der Waals surface area contributed by atoms with Gasteiger partial charge in [-0.1, -0.05) is 0 Å². The second-order valence-electron chi connectivity index (χ2n) is 4.24. The lowest BCUT2D eigenvalue weighted by molar-refractivity contribution is -0.165. The van der Waals surface area contributed by atoms with Crippen LogP contribution >= 0.6 is 0 Å². The maximum Gasteiger partial charge on any atom is 0.319 e. The first-order valence-electron chi connectivity index (χ1n) is 5.38. The number of hydrogen-bond donors (Lipinski definition) is 0. The lowest BCUT2D eigenvalue weighted by Crippen LogP contribution is -2.42. The molecule has 0 atom stereocenters. The van der Waals surface area contributed by atoms with E-state index in [0.29, 0.717) is 13.2 Å². The zero-order chi connectivity index (χ0) is 12.2. The van der Waals surface area contributed by atoms with Crippen molar-refractivity contribution in [2.24, 2.45) is 5.41 Å². The minimum atomic E-state index is -1.14. The van der Waals surface area contributed by atoms with E-state index < -0.39 is 11.4 Å². The number of esters is 1. The van der Waals surface area contributed by atoms with Crippen LogP contribution in [0.5, 0.6) is 0 Å². The van der Waals surface area contributed by atoms with Crippen LogP contribution in [0.25, 0.3) is 0 Å². The predicted octanol–water partition coefficient (Wildman–Crippen LogP) is 0.560. The van der Waals surface area contributed by atoms with Gasteiger partial charge in [0.15, 0.2) is 5.78 Å². The van der Waals surface area contributed by atoms with Crippen molar-refractivity contribution in [1.82, 2.24) is 0 Å². The molecule has 0 aromatic rings. The van der Waals surface area contributed by atoms with Crippen molar-refractivity contribution in [3.8, 4) is 0 Å². The summed E-state index contributed by atoms with van der Waals surface area (Å²) < 4.78 is 15.0. The van der Waals surface area contributed by atoms with Gasteiger partial charge in [0.25, 0.3) is 0 Å². The van der Waals surface area contributed by atoms with Crippen LogP contribution in [0.3, 0.4) is 0 Å². The maximum absolute atomic E-state index is 11.8. The number of Topliss-reactive ketones (excluding diaryl/α,β-unsaturated/α-hetero) is 1. The molecular formula is C11H18O5. The van der Waals surface area contributed by atoms with Gasteiger partial charge in [-0.2, -0.15) is 0 Å². The van der Waals surface area contributed by atoms with Crippen LogP contribution < -0.4 is 0 Å². The van der Waals surface area contributed by atoms with Crippen LogP contribution in [0.1, 0.15) is 20.8 Å². The highest BCUT2D eigenvalue weighted by Crippen LogP contribution is 2.20. The molecule has 0 aromatic carbocycles. The Hall–Kier alpha value is -0.940. The number of ether oxygens (including phenoxy) is 3. The average molecular weight is 230 g/mol. The molecule has 5 heteroatoms. The summed E-state index contributed by atoms with van der Waals surface area (Å²) in [5.74, 6) is -0.772. The van der Waals surface area contributed by atoms with Crippen molar-refractivity contribution in [2.45, 2.75) is 26.9 Å². The molecule has 0 aliphatic carbocycles. The van der Waals surface area contributed by atoms with Gasteiger partial charge >= 0.3 is 5.97 Å². The van der Waals surface area contributed by atoms with Gasteiger partial charge in [0, 0.05) is 0 Å². The number of carbonyl (C=O) groups is 2. The molecule has 1 fully saturated rings. The summed E-state index contributed by atoms with van der Waals surface area (Å²) in [4.78, 5) is 23.3. The van der Waals surface area contributed by atoms with E-state index in [0.717, 1.165) is 0 Å². The summed E-state index contributed by atoms with van der Waals surface area (Å²) in [6, 6.07) is 0. The first-order chi connectivity index (χ1) is 7.48. The fourth-order valence-electron chi connectivity index (χ4n) is 1.11. The van der Waals surface area contributed by atoms with E-state index in [-0.39, 0.29) is 25.1 Å². The van der Waals surface area contributed by atoms with Gasteiger partial charge in [-0.3, -0.25) is 9.59 Å². The fourth-order valence-corrected chi connectivity index (χ4v) is 1.11. The summed E-state index contributed by atoms with van der Waals surface area (Å²) in [5, 5.41) is 0. The molecule has 1 saturated heterocycles. The molecule has 1 heterocycles. The Balaban J connectivity index is 2.40. The molecule has 0 spiro atoms. The van der Waals surface area contributed by atoms with Crippen LogP contribution in [-0.4, -0.2) is 44.3 Å². The van der Waals surface area contributed by atoms with Crippen molar-refractivity contribution < 1.29 is 23.8 Å². The first kappa shape index (κ1) is 13.1. The van der Waals surface area contributed by atoms with Crippen molar-refractivity contribution >= 4 is 11.8 Å². The smallest absolute Gasteiger partial charge is 0.319 e. The van der Waals surface area contributed by atoms with E-state index in [1.807, 2.05) is 0 Å². The van der Waals surface area contributed by atoms with Gasteiger partial charge < -0.3 is 14.2 Å². The lowest BCUT2D eigenvalue weighted by atomic mass is 9.88. The molecular weight excluding hydrogens is 212 g/mol. The number of ketones is 1. The van der Waals surface area contributed by atoms with Gasteiger partial charge in [-0.05, 0) is 20.8 Å². The van der Waals surface area contributed by atoms with E-state index >= 15 is 0 Å². The van der Waals surface area contributed by atoms with Crippen LogP contribution in [0, 0.1) is 5.41 Å². The standard InChI is InChI=1S/C11H18O5/c1-4-15-10(13)11(2,3)9(12)7-16-8-5-14-6-8/h8H,4-7H2,1-3H3. The molecule has 1 aliphatic rings. The zero-order valence-corrected chi connectivity index (χ0v) is 9.95. The Bertz CT molecular complexity index is 268. The highest BCUT2D eigenvalue weighted by atomic mass is 16.6. The third-order valence-corrected chi connectivity index (χ3v) is 2.54. The molecule has 0 aromatic heterocycles. The average Bonchev–Trinajstić information content (AvgIpc) is 2.15. The van der Waals surface area contributed by atoms with Gasteiger partial charge in [0.2, 0.25) is 0 Å². The Morgan fingerprint density at radius 1 is 1.38 bits per heavy atom. The summed E-state index contributed by atoms with van der Waals surface area (Å²) in [7, 11) is 0. The molecule has 5 nitrogen and oxygen atoms in total. The third-order valence-electron chi connectivity index (χ3n) is 2.54. The molecule has 1 rings (SSSR count). The highest BCUT2D eigenvalue weighted by Gasteiger charge is 2.37. The molecule has 0 amide bonds. The van der Waals surface area contributed by atoms with Gasteiger partial charge in [0.1, 0.15) is 18.1 Å². The molecule has 0 bridgehead atoms. The molecule has 0 unspecified atom stereocenters. The molecule has 92 valence electrons. The zero-order valence-electron chi connectivity index (χ0n) is 9.95. The Morgan fingerprint density at radius 2 is 2.00 bits per heavy atom. The topological polar surface area (TPSA) is 61.8 Å². The largest absolute Gasteiger partial charge is 0.465 e. The molecule has 0 saturated carbocycles. The second kappa shape index (κ2) is 5.41. The molecule has 0 N–H and O–H groups in total. The molecule has 0 radical (unpaired) electrons. The quantitative estimate of drug-likeness (QED) is 0.493. The highest BCUT2D eigenvalue weighted by molar-refractivity contribution is 6.03. The van der Waals surface area contributed by atoms with Crippen molar-refractivity contribution in [1.29, 1.82) is 0 Å². The summed E-state index contributed by atoms with van der Waals surface area (Å²) in [5.41, 5.74) is -1.14. The van der Waals surface area contributed by atoms with Crippen LogP contribution in [0.15, 0.2) is 0 Å². The Kier molecular flexibility index (Phi) is 4.44. The predicted molar refractivity (Wildman–Crippen MR) is 56.0 cm³/mol. The van der Waals surface area contributed by atoms with Crippen LogP contribution in [0.2, 0.25) is 0 Å². The van der Waals surface area contributed by atoms with E-state index in [1.54, 1.807) is 20.8 Å². The Morgan fingerprint density at radius 3 is 2.44 bits per heavy atom. The van der Waals surface area contributed by atoms with Crippen molar-refractivity contribution in [3.05, 3.63) is 0 Å². The van der Waals surface area contributed by atoms with E-state index in [9.17, 15) is 9.59 Å². The number of hydrogen-bond acceptors (Lipinski definition) is 5. The minimum Gasteiger partial charge on any atom is -0.465 e. The SMILES string of the molecule is CCOC(=O)C(C)(C)C(=O)COC1COC1. The van der Waals surface area contributed by atoms with Gasteiger partial charge in [-0.15, -0.1) is 0 Å². The summed E-state index contributed by atoms with van der Waals surface area (Å²) >= 11 is 0. The normalized spacial score (nSPS) is 16.7. The van der Waals surface area contributed by atoms with E-state index in [2.05, 4.69) is 0 Å². The number of rotatable bonds is 6. The lowest BCUT2D eigenvalue weighted by Gasteiger charge is -2.27.